The number of nitrogens with one attached hydrogen (secondary N) is 1. The molecule has 0 spiro atoms. The average Bonchev–Trinajstić information content (AvgIpc) is 3.09. The van der Waals surface area contributed by atoms with Crippen molar-refractivity contribution in [1.82, 2.24) is 10.2 Å². The molecule has 2 amide bonds. The van der Waals surface area contributed by atoms with Crippen molar-refractivity contribution in [3.05, 3.63) is 29.8 Å². The number of rotatable bonds is 6. The fourth-order valence-corrected chi connectivity index (χ4v) is 6.75. The van der Waals surface area contributed by atoms with Gasteiger partial charge < -0.3 is 0 Å². The summed E-state index contributed by atoms with van der Waals surface area (Å²) in [6.07, 6.45) is 0.816. The molecule has 1 aromatic carbocycles. The van der Waals surface area contributed by atoms with Gasteiger partial charge in [-0.1, -0.05) is 0 Å². The van der Waals surface area contributed by atoms with E-state index >= 15 is 0 Å². The Bertz CT molecular complexity index is 780. The molecule has 1 aliphatic rings. The van der Waals surface area contributed by atoms with E-state index in [1.54, 1.807) is 20.8 Å². The summed E-state index contributed by atoms with van der Waals surface area (Å²) in [5, 5.41) is 12.3. The molecular weight excluding hydrogens is 491 g/mol. The summed E-state index contributed by atoms with van der Waals surface area (Å²) in [5.41, 5.74) is 0.200. The van der Waals surface area contributed by atoms with Crippen LogP contribution in [0.2, 0.25) is 14.8 Å². The van der Waals surface area contributed by atoms with E-state index in [4.69, 9.17) is 4.74 Å². The number of likely N-dealkylation sites (tertiary alicyclic amines) is 1. The number of amides is 2. The van der Waals surface area contributed by atoms with Crippen LogP contribution >= 0.6 is 0 Å². The van der Waals surface area contributed by atoms with Crippen molar-refractivity contribution in [2.24, 2.45) is 0 Å². The second-order valence-electron chi connectivity index (χ2n) is 9.88. The predicted octanol–water partition coefficient (Wildman–Crippen LogP) is 2.74. The maximum atomic E-state index is 12.8. The molecule has 0 aromatic heterocycles. The first-order chi connectivity index (χ1) is 13.8. The Hall–Kier alpha value is -1.77. The molecule has 1 saturated heterocycles. The quantitative estimate of drug-likeness (QED) is 0.558. The molecular formula is C22H34N2O5Sn. The molecule has 0 radical (unpaired) electrons. The van der Waals surface area contributed by atoms with Gasteiger partial charge in [0.05, 0.1) is 0 Å². The van der Waals surface area contributed by atoms with Crippen LogP contribution in [0.15, 0.2) is 24.3 Å². The second-order valence-corrected chi connectivity index (χ2v) is 24.4. The first-order valence-corrected chi connectivity index (χ1v) is 20.4. The van der Waals surface area contributed by atoms with Gasteiger partial charge in [0, 0.05) is 0 Å². The van der Waals surface area contributed by atoms with Gasteiger partial charge in [0.2, 0.25) is 0 Å². The Kier molecular flexibility index (Phi) is 7.82. The fraction of sp³-hybridized carbons (Fsp3) is 0.591. The first kappa shape index (κ1) is 24.5. The number of ether oxygens (including phenoxy) is 1. The van der Waals surface area contributed by atoms with Crippen molar-refractivity contribution in [1.29, 1.82) is 0 Å². The molecule has 1 aromatic rings. The van der Waals surface area contributed by atoms with Crippen LogP contribution in [-0.2, 0) is 20.7 Å². The van der Waals surface area contributed by atoms with Crippen LogP contribution in [0.4, 0.5) is 4.79 Å². The zero-order valence-corrected chi connectivity index (χ0v) is 21.7. The molecule has 0 unspecified atom stereocenters. The van der Waals surface area contributed by atoms with E-state index in [1.807, 2.05) is 12.1 Å². The molecule has 30 heavy (non-hydrogen) atoms. The Morgan fingerprint density at radius 2 is 1.80 bits per heavy atom. The Balaban J connectivity index is 2.06. The average molecular weight is 525 g/mol. The van der Waals surface area contributed by atoms with E-state index in [2.05, 4.69) is 32.3 Å². The van der Waals surface area contributed by atoms with Gasteiger partial charge in [0.15, 0.2) is 0 Å². The Morgan fingerprint density at radius 3 is 2.30 bits per heavy atom. The molecule has 0 saturated carbocycles. The third-order valence-corrected chi connectivity index (χ3v) is 11.0. The molecule has 0 aliphatic carbocycles. The fourth-order valence-electron chi connectivity index (χ4n) is 3.42. The summed E-state index contributed by atoms with van der Waals surface area (Å²) >= 11 is -2.17. The van der Waals surface area contributed by atoms with Gasteiger partial charge in [-0.3, -0.25) is 0 Å². The van der Waals surface area contributed by atoms with Crippen molar-refractivity contribution >= 4 is 39.9 Å². The van der Waals surface area contributed by atoms with E-state index in [9.17, 15) is 19.5 Å². The van der Waals surface area contributed by atoms with Gasteiger partial charge >= 0.3 is 157 Å². The monoisotopic (exact) mass is 526 g/mol. The van der Waals surface area contributed by atoms with Crippen LogP contribution in [0, 0.1) is 0 Å². The van der Waals surface area contributed by atoms with E-state index in [-0.39, 0.29) is 6.42 Å². The van der Waals surface area contributed by atoms with Gasteiger partial charge in [0.25, 0.3) is 0 Å². The number of hydrogen-bond donors (Lipinski definition) is 2. The van der Waals surface area contributed by atoms with Crippen molar-refractivity contribution in [2.45, 2.75) is 72.5 Å². The van der Waals surface area contributed by atoms with E-state index < -0.39 is 54.0 Å². The molecule has 1 heterocycles. The van der Waals surface area contributed by atoms with Gasteiger partial charge in [-0.15, -0.1) is 0 Å². The number of carboxylic acid groups (broad SMARTS) is 1. The summed E-state index contributed by atoms with van der Waals surface area (Å²) in [4.78, 5) is 45.3. The van der Waals surface area contributed by atoms with Crippen LogP contribution in [0.25, 0.3) is 0 Å². The minimum atomic E-state index is -2.17. The number of nitrogens with zero attached hydrogens (tertiary/aromatic N) is 1. The minimum absolute atomic E-state index is 0.195. The molecule has 166 valence electrons. The number of carboxylic acids is 1. The molecule has 1 aliphatic heterocycles. The van der Waals surface area contributed by atoms with Crippen molar-refractivity contribution < 1.29 is 24.2 Å². The van der Waals surface area contributed by atoms with Gasteiger partial charge in [-0.25, -0.2) is 0 Å². The maximum absolute atomic E-state index is 12.8. The predicted molar refractivity (Wildman–Crippen MR) is 119 cm³/mol. The van der Waals surface area contributed by atoms with Crippen molar-refractivity contribution in [2.75, 3.05) is 6.54 Å². The number of benzene rings is 1. The topological polar surface area (TPSA) is 95.9 Å². The van der Waals surface area contributed by atoms with Gasteiger partial charge in [0.1, 0.15) is 5.60 Å². The standard InChI is InChI=1S/C19H25N2O5.3CH3.Sn/c1-19(2,3)26-18(25)21-11-7-10-15(21)16(22)20-14(17(23)24)12-13-8-5-4-6-9-13;;;;/h5-6,8-9,14-15H,7,10-12H2,1-3H3,(H,20,22)(H,23,24);3*1H3;/t14-,15-;;;;/m0..../s1. The van der Waals surface area contributed by atoms with Crippen molar-refractivity contribution in [3.8, 4) is 0 Å². The van der Waals surface area contributed by atoms with E-state index in [0.29, 0.717) is 19.4 Å². The third-order valence-electron chi connectivity index (χ3n) is 5.06. The van der Waals surface area contributed by atoms with Gasteiger partial charge in [-0.05, 0) is 20.8 Å². The molecule has 8 heteroatoms. The molecule has 2 rings (SSSR count). The van der Waals surface area contributed by atoms with Crippen molar-refractivity contribution in [3.63, 3.8) is 0 Å². The van der Waals surface area contributed by atoms with Crippen LogP contribution in [0.5, 0.6) is 0 Å². The number of aliphatic carboxylic acids is 1. The zero-order chi connectivity index (χ0) is 22.7. The van der Waals surface area contributed by atoms with E-state index in [0.717, 1.165) is 5.56 Å². The molecule has 1 fully saturated rings. The molecule has 2 atom stereocenters. The second kappa shape index (κ2) is 9.58. The zero-order valence-electron chi connectivity index (χ0n) is 18.8. The first-order valence-electron chi connectivity index (χ1n) is 10.4. The number of carbonyl (C=O) groups is 3. The Morgan fingerprint density at radius 1 is 1.20 bits per heavy atom. The molecule has 0 bridgehead atoms. The van der Waals surface area contributed by atoms with Crippen LogP contribution in [0.1, 0.15) is 39.2 Å². The van der Waals surface area contributed by atoms with E-state index in [1.165, 1.54) is 8.48 Å². The summed E-state index contributed by atoms with van der Waals surface area (Å²) in [6, 6.07) is 6.28. The summed E-state index contributed by atoms with van der Waals surface area (Å²) in [6.45, 7) is 5.73. The summed E-state index contributed by atoms with van der Waals surface area (Å²) in [7, 11) is 0. The van der Waals surface area contributed by atoms with Crippen LogP contribution in [0.3, 0.4) is 0 Å². The van der Waals surface area contributed by atoms with Crippen LogP contribution in [-0.4, -0.2) is 70.6 Å². The number of carbonyl (C=O) groups excluding carboxylic acids is 2. The Labute approximate surface area is 183 Å². The SMILES string of the molecule is CC(C)(C)OC(=O)N1CCC[C@H]1C(=O)N[C@@H](Cc1cc[c]([Sn]([CH3])([CH3])[CH3])cc1)C(=O)O. The molecule has 2 N–H and O–H groups in total. The summed E-state index contributed by atoms with van der Waals surface area (Å²) < 4.78 is 6.75. The number of hydrogen-bond acceptors (Lipinski definition) is 4. The molecule has 7 nitrogen and oxygen atoms in total. The summed E-state index contributed by atoms with van der Waals surface area (Å²) in [5.74, 6) is -1.54. The third kappa shape index (κ3) is 6.89. The van der Waals surface area contributed by atoms with Crippen LogP contribution < -0.4 is 8.90 Å². The van der Waals surface area contributed by atoms with Gasteiger partial charge in [-0.2, -0.15) is 0 Å². The normalized spacial score (nSPS) is 18.1.